The van der Waals surface area contributed by atoms with Gasteiger partial charge in [-0.25, -0.2) is 0 Å². The molecule has 0 aromatic heterocycles. The Morgan fingerprint density at radius 1 is 1.06 bits per heavy atom. The molecule has 0 unspecified atom stereocenters. The van der Waals surface area contributed by atoms with Crippen molar-refractivity contribution in [2.75, 3.05) is 52.9 Å². The van der Waals surface area contributed by atoms with Crippen LogP contribution >= 0.6 is 0 Å². The van der Waals surface area contributed by atoms with Crippen LogP contribution in [0.1, 0.15) is 26.7 Å². The Balaban J connectivity index is 1.86. The molecule has 0 radical (unpaired) electrons. The molecular formula is C13H29N3. The minimum Gasteiger partial charge on any atom is -0.314 e. The molecule has 0 atom stereocenters. The smallest absolute Gasteiger partial charge is 0.0107 e. The van der Waals surface area contributed by atoms with Gasteiger partial charge in [-0.05, 0) is 38.9 Å². The Morgan fingerprint density at radius 2 is 1.69 bits per heavy atom. The highest BCUT2D eigenvalue weighted by Crippen LogP contribution is 2.29. The van der Waals surface area contributed by atoms with Gasteiger partial charge in [0.2, 0.25) is 0 Å². The van der Waals surface area contributed by atoms with Crippen molar-refractivity contribution in [2.45, 2.75) is 26.7 Å². The van der Waals surface area contributed by atoms with Gasteiger partial charge in [0.25, 0.3) is 0 Å². The zero-order valence-electron chi connectivity index (χ0n) is 11.3. The molecule has 0 heterocycles. The monoisotopic (exact) mass is 227 g/mol. The summed E-state index contributed by atoms with van der Waals surface area (Å²) in [5.41, 5.74) is 0. The fraction of sp³-hybridized carbons (Fsp3) is 1.00. The number of hydrogen-bond acceptors (Lipinski definition) is 3. The Hall–Kier alpha value is -0.120. The number of hydrogen-bond donors (Lipinski definition) is 1. The number of rotatable bonds is 10. The molecular weight excluding hydrogens is 198 g/mol. The van der Waals surface area contributed by atoms with Crippen molar-refractivity contribution in [1.29, 1.82) is 0 Å². The summed E-state index contributed by atoms with van der Waals surface area (Å²) in [5.74, 6) is 1.01. The molecule has 1 aliphatic rings. The van der Waals surface area contributed by atoms with Crippen LogP contribution in [0.4, 0.5) is 0 Å². The first-order chi connectivity index (χ1) is 7.76. The zero-order chi connectivity index (χ0) is 11.8. The third-order valence-electron chi connectivity index (χ3n) is 3.44. The lowest BCUT2D eigenvalue weighted by Crippen LogP contribution is -2.36. The van der Waals surface area contributed by atoms with Gasteiger partial charge in [0, 0.05) is 32.7 Å². The van der Waals surface area contributed by atoms with E-state index in [1.807, 2.05) is 0 Å². The fourth-order valence-electron chi connectivity index (χ4n) is 2.00. The standard InChI is InChI=1S/C13H29N3/c1-4-16(5-2)11-9-14-8-10-15(3)12-13-6-7-13/h13-14H,4-12H2,1-3H3. The molecule has 3 nitrogen and oxygen atoms in total. The third kappa shape index (κ3) is 6.46. The van der Waals surface area contributed by atoms with E-state index in [1.165, 1.54) is 45.6 Å². The van der Waals surface area contributed by atoms with E-state index in [0.717, 1.165) is 19.0 Å². The second kappa shape index (κ2) is 8.04. The number of likely N-dealkylation sites (N-methyl/N-ethyl adjacent to an activating group) is 2. The minimum atomic E-state index is 1.01. The van der Waals surface area contributed by atoms with Crippen molar-refractivity contribution >= 4 is 0 Å². The van der Waals surface area contributed by atoms with Gasteiger partial charge in [-0.15, -0.1) is 0 Å². The topological polar surface area (TPSA) is 18.5 Å². The molecule has 1 aliphatic carbocycles. The quantitative estimate of drug-likeness (QED) is 0.567. The van der Waals surface area contributed by atoms with Crippen LogP contribution in [0.3, 0.4) is 0 Å². The molecule has 1 rings (SSSR count). The minimum absolute atomic E-state index is 1.01. The Bertz CT molecular complexity index is 165. The summed E-state index contributed by atoms with van der Waals surface area (Å²) in [6, 6.07) is 0. The van der Waals surface area contributed by atoms with Crippen molar-refractivity contribution < 1.29 is 0 Å². The zero-order valence-corrected chi connectivity index (χ0v) is 11.3. The highest BCUT2D eigenvalue weighted by molar-refractivity contribution is 4.76. The highest BCUT2D eigenvalue weighted by Gasteiger charge is 2.22. The molecule has 0 aromatic carbocycles. The van der Waals surface area contributed by atoms with Crippen molar-refractivity contribution in [3.05, 3.63) is 0 Å². The first-order valence-electron chi connectivity index (χ1n) is 6.87. The van der Waals surface area contributed by atoms with E-state index >= 15 is 0 Å². The molecule has 16 heavy (non-hydrogen) atoms. The molecule has 0 spiro atoms. The van der Waals surface area contributed by atoms with E-state index in [0.29, 0.717) is 0 Å². The molecule has 1 fully saturated rings. The molecule has 0 amide bonds. The van der Waals surface area contributed by atoms with E-state index < -0.39 is 0 Å². The van der Waals surface area contributed by atoms with Gasteiger partial charge in [0.05, 0.1) is 0 Å². The van der Waals surface area contributed by atoms with Crippen molar-refractivity contribution in [2.24, 2.45) is 5.92 Å². The van der Waals surface area contributed by atoms with E-state index in [4.69, 9.17) is 0 Å². The van der Waals surface area contributed by atoms with Crippen LogP contribution in [-0.4, -0.2) is 62.7 Å². The first kappa shape index (κ1) is 13.9. The van der Waals surface area contributed by atoms with Crippen molar-refractivity contribution in [3.8, 4) is 0 Å². The summed E-state index contributed by atoms with van der Waals surface area (Å²) in [6.45, 7) is 12.7. The third-order valence-corrected chi connectivity index (χ3v) is 3.44. The normalized spacial score (nSPS) is 16.3. The van der Waals surface area contributed by atoms with Crippen LogP contribution in [0.15, 0.2) is 0 Å². The summed E-state index contributed by atoms with van der Waals surface area (Å²) >= 11 is 0. The lowest BCUT2D eigenvalue weighted by atomic mass is 10.4. The van der Waals surface area contributed by atoms with Gasteiger partial charge < -0.3 is 15.1 Å². The predicted octanol–water partition coefficient (Wildman–Crippen LogP) is 1.26. The average Bonchev–Trinajstić information content (AvgIpc) is 3.07. The summed E-state index contributed by atoms with van der Waals surface area (Å²) in [5, 5.41) is 3.53. The van der Waals surface area contributed by atoms with Crippen LogP contribution in [0.5, 0.6) is 0 Å². The van der Waals surface area contributed by atoms with Gasteiger partial charge in [-0.2, -0.15) is 0 Å². The second-order valence-electron chi connectivity index (χ2n) is 4.98. The van der Waals surface area contributed by atoms with Gasteiger partial charge in [-0.1, -0.05) is 13.8 Å². The predicted molar refractivity (Wildman–Crippen MR) is 70.9 cm³/mol. The highest BCUT2D eigenvalue weighted by atomic mass is 15.1. The number of nitrogens with zero attached hydrogens (tertiary/aromatic N) is 2. The summed E-state index contributed by atoms with van der Waals surface area (Å²) in [6.07, 6.45) is 2.92. The van der Waals surface area contributed by atoms with Gasteiger partial charge in [-0.3, -0.25) is 0 Å². The molecule has 1 N–H and O–H groups in total. The van der Waals surface area contributed by atoms with E-state index in [2.05, 4.69) is 36.0 Å². The van der Waals surface area contributed by atoms with E-state index in [-0.39, 0.29) is 0 Å². The van der Waals surface area contributed by atoms with Crippen LogP contribution in [-0.2, 0) is 0 Å². The number of nitrogens with one attached hydrogen (secondary N) is 1. The molecule has 0 aromatic rings. The van der Waals surface area contributed by atoms with Crippen LogP contribution in [0, 0.1) is 5.92 Å². The molecule has 0 aliphatic heterocycles. The summed E-state index contributed by atoms with van der Waals surface area (Å²) in [7, 11) is 2.24. The fourth-order valence-corrected chi connectivity index (χ4v) is 2.00. The van der Waals surface area contributed by atoms with Gasteiger partial charge in [0.1, 0.15) is 0 Å². The molecule has 0 bridgehead atoms. The van der Waals surface area contributed by atoms with Gasteiger partial charge in [0.15, 0.2) is 0 Å². The SMILES string of the molecule is CCN(CC)CCNCCN(C)CC1CC1. The summed E-state index contributed by atoms with van der Waals surface area (Å²) < 4.78 is 0. The van der Waals surface area contributed by atoms with Crippen LogP contribution < -0.4 is 5.32 Å². The van der Waals surface area contributed by atoms with E-state index in [1.54, 1.807) is 0 Å². The maximum Gasteiger partial charge on any atom is 0.0107 e. The lowest BCUT2D eigenvalue weighted by Gasteiger charge is -2.19. The average molecular weight is 227 g/mol. The Morgan fingerprint density at radius 3 is 2.25 bits per heavy atom. The Labute approximate surface area is 101 Å². The molecule has 3 heteroatoms. The van der Waals surface area contributed by atoms with Crippen molar-refractivity contribution in [1.82, 2.24) is 15.1 Å². The first-order valence-corrected chi connectivity index (χ1v) is 6.87. The maximum absolute atomic E-state index is 3.53. The van der Waals surface area contributed by atoms with E-state index in [9.17, 15) is 0 Å². The largest absolute Gasteiger partial charge is 0.314 e. The summed E-state index contributed by atoms with van der Waals surface area (Å²) in [4.78, 5) is 4.92. The molecule has 1 saturated carbocycles. The van der Waals surface area contributed by atoms with Crippen LogP contribution in [0.2, 0.25) is 0 Å². The maximum atomic E-state index is 3.53. The molecule has 96 valence electrons. The Kier molecular flexibility index (Phi) is 7.01. The second-order valence-corrected chi connectivity index (χ2v) is 4.98. The molecule has 0 saturated heterocycles. The van der Waals surface area contributed by atoms with Crippen LogP contribution in [0.25, 0.3) is 0 Å². The van der Waals surface area contributed by atoms with Crippen molar-refractivity contribution in [3.63, 3.8) is 0 Å². The lowest BCUT2D eigenvalue weighted by molar-refractivity contribution is 0.290. The van der Waals surface area contributed by atoms with Gasteiger partial charge >= 0.3 is 0 Å².